The molecule has 0 amide bonds. The van der Waals surface area contributed by atoms with E-state index in [1.165, 1.54) is 6.07 Å². The summed E-state index contributed by atoms with van der Waals surface area (Å²) >= 11 is 0. The van der Waals surface area contributed by atoms with Gasteiger partial charge in [0.1, 0.15) is 5.78 Å². The zero-order valence-electron chi connectivity index (χ0n) is 8.77. The first kappa shape index (κ1) is 12.5. The first-order chi connectivity index (χ1) is 7.34. The van der Waals surface area contributed by atoms with Crippen LogP contribution in [-0.2, 0) is 17.4 Å². The number of halogens is 3. The fourth-order valence-electron chi connectivity index (χ4n) is 1.27. The molecule has 2 N–H and O–H groups in total. The van der Waals surface area contributed by atoms with Crippen molar-refractivity contribution in [1.82, 2.24) is 0 Å². The Bertz CT molecular complexity index is 399. The maximum absolute atomic E-state index is 12.3. The van der Waals surface area contributed by atoms with Crippen molar-refractivity contribution in [2.24, 2.45) is 0 Å². The Morgan fingerprint density at radius 2 is 2.00 bits per heavy atom. The largest absolute Gasteiger partial charge is 0.416 e. The van der Waals surface area contributed by atoms with Crippen molar-refractivity contribution < 1.29 is 18.0 Å². The van der Waals surface area contributed by atoms with Crippen LogP contribution in [0.4, 0.5) is 18.9 Å². The van der Waals surface area contributed by atoms with Gasteiger partial charge in [-0.25, -0.2) is 0 Å². The van der Waals surface area contributed by atoms with Crippen molar-refractivity contribution in [2.75, 3.05) is 5.73 Å². The molecule has 16 heavy (non-hydrogen) atoms. The Morgan fingerprint density at radius 1 is 1.38 bits per heavy atom. The molecule has 1 rings (SSSR count). The van der Waals surface area contributed by atoms with Gasteiger partial charge in [-0.15, -0.1) is 0 Å². The number of nitrogens with two attached hydrogens (primary N) is 1. The third-order valence-corrected chi connectivity index (χ3v) is 2.26. The summed E-state index contributed by atoms with van der Waals surface area (Å²) in [5, 5.41) is 0. The number of hydrogen-bond acceptors (Lipinski definition) is 2. The van der Waals surface area contributed by atoms with Crippen LogP contribution in [0.3, 0.4) is 0 Å². The van der Waals surface area contributed by atoms with Crippen LogP contribution in [0.2, 0.25) is 0 Å². The van der Waals surface area contributed by atoms with Crippen molar-refractivity contribution in [1.29, 1.82) is 0 Å². The molecule has 0 spiro atoms. The predicted molar refractivity (Wildman–Crippen MR) is 54.9 cm³/mol. The number of alkyl halides is 3. The number of ketones is 1. The molecule has 0 saturated heterocycles. The smallest absolute Gasteiger partial charge is 0.398 e. The van der Waals surface area contributed by atoms with Crippen LogP contribution < -0.4 is 5.73 Å². The molecule has 0 aliphatic rings. The summed E-state index contributed by atoms with van der Waals surface area (Å²) in [6, 6.07) is 3.05. The van der Waals surface area contributed by atoms with Gasteiger partial charge in [-0.1, -0.05) is 13.0 Å². The van der Waals surface area contributed by atoms with Crippen LogP contribution in [0, 0.1) is 0 Å². The van der Waals surface area contributed by atoms with Crippen LogP contribution in [0.1, 0.15) is 24.5 Å². The quantitative estimate of drug-likeness (QED) is 0.813. The lowest BCUT2D eigenvalue weighted by molar-refractivity contribution is -0.137. The summed E-state index contributed by atoms with van der Waals surface area (Å²) in [4.78, 5) is 11.1. The number of carbonyl (C=O) groups is 1. The van der Waals surface area contributed by atoms with Gasteiger partial charge in [-0.3, -0.25) is 4.79 Å². The van der Waals surface area contributed by atoms with Gasteiger partial charge in [0.2, 0.25) is 0 Å². The molecule has 88 valence electrons. The number of rotatable bonds is 3. The van der Waals surface area contributed by atoms with E-state index in [-0.39, 0.29) is 17.9 Å². The highest BCUT2D eigenvalue weighted by Crippen LogP contribution is 2.31. The second kappa shape index (κ2) is 4.55. The van der Waals surface area contributed by atoms with E-state index in [0.717, 1.165) is 12.1 Å². The first-order valence-electron chi connectivity index (χ1n) is 4.82. The van der Waals surface area contributed by atoms with Crippen LogP contribution in [-0.4, -0.2) is 5.78 Å². The van der Waals surface area contributed by atoms with E-state index in [0.29, 0.717) is 12.0 Å². The molecule has 1 aromatic carbocycles. The molecule has 2 nitrogen and oxygen atoms in total. The molecular formula is C11H12F3NO. The predicted octanol–water partition coefficient (Wildman–Crippen LogP) is 2.81. The topological polar surface area (TPSA) is 43.1 Å². The second-order valence-electron chi connectivity index (χ2n) is 3.48. The average molecular weight is 231 g/mol. The number of nitrogen functional groups attached to an aromatic ring is 1. The minimum atomic E-state index is -4.40. The van der Waals surface area contributed by atoms with E-state index in [9.17, 15) is 18.0 Å². The molecule has 0 saturated carbocycles. The lowest BCUT2D eigenvalue weighted by Crippen LogP contribution is -2.08. The maximum atomic E-state index is 12.3. The van der Waals surface area contributed by atoms with Crippen molar-refractivity contribution in [3.8, 4) is 0 Å². The number of benzene rings is 1. The minimum Gasteiger partial charge on any atom is -0.398 e. The van der Waals surface area contributed by atoms with Crippen LogP contribution in [0.25, 0.3) is 0 Å². The maximum Gasteiger partial charge on any atom is 0.416 e. The van der Waals surface area contributed by atoms with Gasteiger partial charge in [0.15, 0.2) is 0 Å². The van der Waals surface area contributed by atoms with Gasteiger partial charge in [0.25, 0.3) is 0 Å². The number of anilines is 1. The molecule has 1 aromatic rings. The normalized spacial score (nSPS) is 11.5. The lowest BCUT2D eigenvalue weighted by atomic mass is 10.0. The zero-order chi connectivity index (χ0) is 12.3. The van der Waals surface area contributed by atoms with Gasteiger partial charge in [0.05, 0.1) is 5.56 Å². The Kier molecular flexibility index (Phi) is 3.57. The molecular weight excluding hydrogens is 219 g/mol. The van der Waals surface area contributed by atoms with Crippen molar-refractivity contribution in [3.63, 3.8) is 0 Å². The van der Waals surface area contributed by atoms with Gasteiger partial charge >= 0.3 is 6.18 Å². The third-order valence-electron chi connectivity index (χ3n) is 2.26. The first-order valence-corrected chi connectivity index (χ1v) is 4.82. The fourth-order valence-corrected chi connectivity index (χ4v) is 1.27. The summed E-state index contributed by atoms with van der Waals surface area (Å²) in [6.07, 6.45) is -3.97. The molecule has 0 aliphatic carbocycles. The fraction of sp³-hybridized carbons (Fsp3) is 0.364. The van der Waals surface area contributed by atoms with Gasteiger partial charge < -0.3 is 5.73 Å². The molecule has 0 aliphatic heterocycles. The Labute approximate surface area is 91.3 Å². The third kappa shape index (κ3) is 2.98. The van der Waals surface area contributed by atoms with E-state index in [4.69, 9.17) is 5.73 Å². The number of Topliss-reactive ketones (excluding diaryl/α,β-unsaturated/α-hetero) is 1. The highest BCUT2D eigenvalue weighted by Gasteiger charge is 2.30. The highest BCUT2D eigenvalue weighted by atomic mass is 19.4. The summed E-state index contributed by atoms with van der Waals surface area (Å²) < 4.78 is 36.9. The van der Waals surface area contributed by atoms with Gasteiger partial charge in [-0.2, -0.15) is 13.2 Å². The van der Waals surface area contributed by atoms with Crippen LogP contribution in [0.15, 0.2) is 18.2 Å². The zero-order valence-corrected chi connectivity index (χ0v) is 8.77. The van der Waals surface area contributed by atoms with E-state index in [1.807, 2.05) is 0 Å². The number of carbonyl (C=O) groups excluding carboxylic acids is 1. The standard InChI is InChI=1S/C11H12F3NO/c1-2-9(16)5-7-3-4-8(6-10(7)15)11(12,13)14/h3-4,6H,2,5,15H2,1H3. The minimum absolute atomic E-state index is 0.0108. The number of hydrogen-bond donors (Lipinski definition) is 1. The molecule has 0 fully saturated rings. The summed E-state index contributed by atoms with van der Waals surface area (Å²) in [6.45, 7) is 1.70. The average Bonchev–Trinajstić information content (AvgIpc) is 2.19. The van der Waals surface area contributed by atoms with E-state index >= 15 is 0 Å². The monoisotopic (exact) mass is 231 g/mol. The molecule has 0 heterocycles. The van der Waals surface area contributed by atoms with Crippen molar-refractivity contribution >= 4 is 11.5 Å². The van der Waals surface area contributed by atoms with E-state index < -0.39 is 11.7 Å². The van der Waals surface area contributed by atoms with Crippen molar-refractivity contribution in [3.05, 3.63) is 29.3 Å². The van der Waals surface area contributed by atoms with Crippen LogP contribution >= 0.6 is 0 Å². The molecule has 0 radical (unpaired) electrons. The lowest BCUT2D eigenvalue weighted by Gasteiger charge is -2.10. The van der Waals surface area contributed by atoms with Crippen LogP contribution in [0.5, 0.6) is 0 Å². The Hall–Kier alpha value is -1.52. The van der Waals surface area contributed by atoms with E-state index in [2.05, 4.69) is 0 Å². The van der Waals surface area contributed by atoms with Gasteiger partial charge in [0, 0.05) is 18.5 Å². The summed E-state index contributed by atoms with van der Waals surface area (Å²) in [7, 11) is 0. The molecule has 0 aromatic heterocycles. The van der Waals surface area contributed by atoms with Gasteiger partial charge in [-0.05, 0) is 17.7 Å². The molecule has 0 bridgehead atoms. The molecule has 0 atom stereocenters. The summed E-state index contributed by atoms with van der Waals surface area (Å²) in [5.41, 5.74) is 5.13. The second-order valence-corrected chi connectivity index (χ2v) is 3.48. The van der Waals surface area contributed by atoms with E-state index in [1.54, 1.807) is 6.92 Å². The molecule has 0 unspecified atom stereocenters. The Morgan fingerprint density at radius 3 is 2.44 bits per heavy atom. The van der Waals surface area contributed by atoms with Crippen molar-refractivity contribution in [2.45, 2.75) is 25.9 Å². The molecule has 5 heteroatoms. The Balaban J connectivity index is 2.96. The SMILES string of the molecule is CCC(=O)Cc1ccc(C(F)(F)F)cc1N. The summed E-state index contributed by atoms with van der Waals surface area (Å²) in [5.74, 6) is -0.0496. The highest BCUT2D eigenvalue weighted by molar-refractivity contribution is 5.82.